The van der Waals surface area contributed by atoms with Crippen molar-refractivity contribution in [2.45, 2.75) is 0 Å². The quantitative estimate of drug-likeness (QED) is 0.814. The Morgan fingerprint density at radius 1 is 0.815 bits per heavy atom. The lowest BCUT2D eigenvalue weighted by Gasteiger charge is -2.39. The van der Waals surface area contributed by atoms with Crippen molar-refractivity contribution in [3.8, 4) is 5.75 Å². The van der Waals surface area contributed by atoms with Crippen LogP contribution in [0.1, 0.15) is 20.7 Å². The molecule has 138 valence electrons. The van der Waals surface area contributed by atoms with Gasteiger partial charge in [-0.25, -0.2) is 0 Å². The summed E-state index contributed by atoms with van der Waals surface area (Å²) in [5.41, 5.74) is 2.24. The minimum atomic E-state index is -0.278. The third-order valence-electron chi connectivity index (χ3n) is 5.07. The van der Waals surface area contributed by atoms with Crippen LogP contribution in [-0.2, 0) is 0 Å². The number of rotatable bonds is 3. The number of hydrogen-bond acceptors (Lipinski definition) is 5. The molecule has 6 heteroatoms. The van der Waals surface area contributed by atoms with Crippen LogP contribution in [0.15, 0.2) is 59.3 Å². The van der Waals surface area contributed by atoms with Gasteiger partial charge in [-0.1, -0.05) is 35.9 Å². The van der Waals surface area contributed by atoms with Gasteiger partial charge in [0, 0.05) is 43.0 Å². The molecule has 0 radical (unpaired) electrons. The van der Waals surface area contributed by atoms with Crippen molar-refractivity contribution < 1.29 is 14.3 Å². The molecule has 0 atom stereocenters. The minimum absolute atomic E-state index is 0.0246. The number of ether oxygens (including phenoxy) is 1. The molecule has 1 aliphatic heterocycles. The van der Waals surface area contributed by atoms with Crippen molar-refractivity contribution in [1.29, 1.82) is 0 Å². The molecule has 0 amide bonds. The Labute approximate surface area is 162 Å². The molecular formula is C21H19ClN2O3. The molecule has 0 spiro atoms. The number of benzene rings is 2. The van der Waals surface area contributed by atoms with E-state index in [0.717, 1.165) is 24.5 Å². The number of allylic oxidation sites excluding steroid dienone is 2. The number of Topliss-reactive ketones (excluding diaryl/α,β-unsaturated/α-hetero) is 2. The number of anilines is 1. The molecule has 1 saturated heterocycles. The summed E-state index contributed by atoms with van der Waals surface area (Å²) in [7, 11) is 1.64. The minimum Gasteiger partial charge on any atom is -0.497 e. The van der Waals surface area contributed by atoms with Gasteiger partial charge < -0.3 is 14.5 Å². The number of fused-ring (bicyclic) bond motifs is 1. The number of carbonyl (C=O) groups excluding carboxylic acids is 2. The van der Waals surface area contributed by atoms with Gasteiger partial charge in [-0.15, -0.1) is 0 Å². The lowest BCUT2D eigenvalue weighted by molar-refractivity contribution is 0.0945. The summed E-state index contributed by atoms with van der Waals surface area (Å²) in [5.74, 6) is 0.367. The van der Waals surface area contributed by atoms with Crippen molar-refractivity contribution in [3.63, 3.8) is 0 Å². The predicted molar refractivity (Wildman–Crippen MR) is 105 cm³/mol. The Morgan fingerprint density at radius 2 is 1.37 bits per heavy atom. The highest BCUT2D eigenvalue weighted by Gasteiger charge is 2.35. The van der Waals surface area contributed by atoms with Crippen LogP contribution in [0.3, 0.4) is 0 Å². The smallest absolute Gasteiger partial charge is 0.211 e. The average Bonchev–Trinajstić information content (AvgIpc) is 2.73. The molecule has 1 aliphatic carbocycles. The third-order valence-corrected chi connectivity index (χ3v) is 5.42. The predicted octanol–water partition coefficient (Wildman–Crippen LogP) is 3.35. The molecule has 0 saturated carbocycles. The first-order valence-electron chi connectivity index (χ1n) is 8.82. The van der Waals surface area contributed by atoms with Gasteiger partial charge in [0.25, 0.3) is 0 Å². The first-order chi connectivity index (χ1) is 13.1. The lowest BCUT2D eigenvalue weighted by atomic mass is 9.91. The number of carbonyl (C=O) groups is 2. The molecule has 1 heterocycles. The molecule has 2 aliphatic rings. The molecule has 0 aromatic heterocycles. The second-order valence-electron chi connectivity index (χ2n) is 6.54. The first kappa shape index (κ1) is 17.6. The van der Waals surface area contributed by atoms with E-state index in [9.17, 15) is 9.59 Å². The summed E-state index contributed by atoms with van der Waals surface area (Å²) in [5, 5.41) is 0.0246. The van der Waals surface area contributed by atoms with Gasteiger partial charge in [-0.2, -0.15) is 0 Å². The van der Waals surface area contributed by atoms with Crippen LogP contribution >= 0.6 is 11.6 Å². The topological polar surface area (TPSA) is 49.9 Å². The highest BCUT2D eigenvalue weighted by molar-refractivity contribution is 6.49. The summed E-state index contributed by atoms with van der Waals surface area (Å²) in [4.78, 5) is 29.7. The molecule has 0 unspecified atom stereocenters. The normalized spacial score (nSPS) is 17.3. The molecule has 27 heavy (non-hydrogen) atoms. The number of methoxy groups -OCH3 is 1. The summed E-state index contributed by atoms with van der Waals surface area (Å²) in [6.45, 7) is 2.73. The van der Waals surface area contributed by atoms with E-state index in [2.05, 4.69) is 4.90 Å². The van der Waals surface area contributed by atoms with E-state index in [1.807, 2.05) is 29.2 Å². The summed E-state index contributed by atoms with van der Waals surface area (Å²) < 4.78 is 5.20. The van der Waals surface area contributed by atoms with Gasteiger partial charge in [0.05, 0.1) is 7.11 Å². The lowest BCUT2D eigenvalue weighted by Crippen LogP contribution is -2.48. The van der Waals surface area contributed by atoms with E-state index >= 15 is 0 Å². The Morgan fingerprint density at radius 3 is 1.96 bits per heavy atom. The van der Waals surface area contributed by atoms with Crippen molar-refractivity contribution in [2.24, 2.45) is 0 Å². The number of hydrogen-bond donors (Lipinski definition) is 0. The fraction of sp³-hybridized carbons (Fsp3) is 0.238. The van der Waals surface area contributed by atoms with Gasteiger partial charge in [0.2, 0.25) is 11.6 Å². The van der Waals surface area contributed by atoms with Crippen molar-refractivity contribution in [1.82, 2.24) is 4.90 Å². The third kappa shape index (κ3) is 3.08. The van der Waals surface area contributed by atoms with Crippen LogP contribution in [0.4, 0.5) is 5.69 Å². The SMILES string of the molecule is COc1ccc(N2CCN(C3=C(Cl)C(=O)c4ccccc4C3=O)CC2)cc1. The molecule has 4 rings (SSSR count). The van der Waals surface area contributed by atoms with E-state index in [-0.39, 0.29) is 16.6 Å². The maximum Gasteiger partial charge on any atom is 0.211 e. The largest absolute Gasteiger partial charge is 0.497 e. The zero-order valence-corrected chi connectivity index (χ0v) is 15.7. The number of ketones is 2. The Hall–Kier alpha value is -2.79. The monoisotopic (exact) mass is 382 g/mol. The van der Waals surface area contributed by atoms with Crippen LogP contribution in [0.5, 0.6) is 5.75 Å². The number of nitrogens with zero attached hydrogens (tertiary/aromatic N) is 2. The zero-order valence-electron chi connectivity index (χ0n) is 14.9. The van der Waals surface area contributed by atoms with E-state index in [4.69, 9.17) is 16.3 Å². The van der Waals surface area contributed by atoms with Crippen LogP contribution in [0, 0.1) is 0 Å². The van der Waals surface area contributed by atoms with E-state index in [0.29, 0.717) is 29.9 Å². The van der Waals surface area contributed by atoms with Gasteiger partial charge >= 0.3 is 0 Å². The van der Waals surface area contributed by atoms with E-state index in [1.54, 1.807) is 31.4 Å². The van der Waals surface area contributed by atoms with E-state index < -0.39 is 0 Å². The Bertz CT molecular complexity index is 929. The molecule has 0 N–H and O–H groups in total. The maximum atomic E-state index is 12.9. The highest BCUT2D eigenvalue weighted by Crippen LogP contribution is 2.31. The zero-order chi connectivity index (χ0) is 19.0. The Kier molecular flexibility index (Phi) is 4.62. The molecular weight excluding hydrogens is 364 g/mol. The number of halogens is 1. The van der Waals surface area contributed by atoms with Crippen LogP contribution < -0.4 is 9.64 Å². The molecule has 2 aromatic rings. The van der Waals surface area contributed by atoms with Crippen LogP contribution in [0.2, 0.25) is 0 Å². The fourth-order valence-corrected chi connectivity index (χ4v) is 3.90. The summed E-state index contributed by atoms with van der Waals surface area (Å²) in [6, 6.07) is 14.7. The summed E-state index contributed by atoms with van der Waals surface area (Å²) >= 11 is 6.32. The molecule has 2 aromatic carbocycles. The fourth-order valence-electron chi connectivity index (χ4n) is 3.60. The van der Waals surface area contributed by atoms with Crippen LogP contribution in [0.25, 0.3) is 0 Å². The van der Waals surface area contributed by atoms with Gasteiger partial charge in [-0.05, 0) is 24.3 Å². The van der Waals surface area contributed by atoms with Crippen molar-refractivity contribution in [3.05, 3.63) is 70.4 Å². The second kappa shape index (κ2) is 7.08. The molecule has 1 fully saturated rings. The average molecular weight is 383 g/mol. The Balaban J connectivity index is 1.53. The van der Waals surface area contributed by atoms with E-state index in [1.165, 1.54) is 0 Å². The standard InChI is InChI=1S/C21H19ClN2O3/c1-27-15-8-6-14(7-9-15)23-10-12-24(13-11-23)19-18(22)20(25)16-4-2-3-5-17(16)21(19)26/h2-9H,10-13H2,1H3. The summed E-state index contributed by atoms with van der Waals surface area (Å²) in [6.07, 6.45) is 0. The van der Waals surface area contributed by atoms with Crippen molar-refractivity contribution in [2.75, 3.05) is 38.2 Å². The highest BCUT2D eigenvalue weighted by atomic mass is 35.5. The van der Waals surface area contributed by atoms with Crippen LogP contribution in [-0.4, -0.2) is 49.8 Å². The maximum absolute atomic E-state index is 12.9. The van der Waals surface area contributed by atoms with Gasteiger partial charge in [-0.3, -0.25) is 9.59 Å². The second-order valence-corrected chi connectivity index (χ2v) is 6.92. The van der Waals surface area contributed by atoms with Gasteiger partial charge in [0.15, 0.2) is 0 Å². The first-order valence-corrected chi connectivity index (χ1v) is 9.20. The van der Waals surface area contributed by atoms with Crippen molar-refractivity contribution >= 4 is 28.9 Å². The molecule has 5 nitrogen and oxygen atoms in total. The van der Waals surface area contributed by atoms with Gasteiger partial charge in [0.1, 0.15) is 16.5 Å². The molecule has 0 bridgehead atoms. The number of piperazine rings is 1.